The SMILES string of the molecule is C=C(C)C1CCC(C)CC1C1(C)CO1. The van der Waals surface area contributed by atoms with Gasteiger partial charge < -0.3 is 4.74 Å². The fraction of sp³-hybridized carbons (Fsp3) is 0.846. The van der Waals surface area contributed by atoms with Crippen LogP contribution in [0.25, 0.3) is 0 Å². The zero-order valence-electron chi connectivity index (χ0n) is 9.68. The van der Waals surface area contributed by atoms with Crippen molar-refractivity contribution in [2.24, 2.45) is 17.8 Å². The van der Waals surface area contributed by atoms with Crippen molar-refractivity contribution in [1.82, 2.24) is 0 Å². The Hall–Kier alpha value is -0.300. The third kappa shape index (κ3) is 1.75. The van der Waals surface area contributed by atoms with E-state index in [1.54, 1.807) is 0 Å². The summed E-state index contributed by atoms with van der Waals surface area (Å²) < 4.78 is 5.62. The van der Waals surface area contributed by atoms with Crippen LogP contribution < -0.4 is 0 Å². The molecule has 1 saturated carbocycles. The normalized spacial score (nSPS) is 47.5. The number of rotatable bonds is 2. The highest BCUT2D eigenvalue weighted by molar-refractivity contribution is 5.09. The summed E-state index contributed by atoms with van der Waals surface area (Å²) in [6.07, 6.45) is 4.01. The molecule has 0 spiro atoms. The van der Waals surface area contributed by atoms with Crippen molar-refractivity contribution >= 4 is 0 Å². The van der Waals surface area contributed by atoms with Crippen molar-refractivity contribution in [1.29, 1.82) is 0 Å². The van der Waals surface area contributed by atoms with Gasteiger partial charge in [0.05, 0.1) is 12.2 Å². The molecule has 0 aromatic heterocycles. The van der Waals surface area contributed by atoms with E-state index in [1.165, 1.54) is 24.8 Å². The quantitative estimate of drug-likeness (QED) is 0.485. The Morgan fingerprint density at radius 1 is 1.43 bits per heavy atom. The fourth-order valence-electron chi connectivity index (χ4n) is 2.97. The first-order chi connectivity index (χ1) is 6.53. The van der Waals surface area contributed by atoms with Crippen LogP contribution in [-0.2, 0) is 4.74 Å². The van der Waals surface area contributed by atoms with Crippen molar-refractivity contribution in [3.8, 4) is 0 Å². The minimum atomic E-state index is 0.193. The molecule has 0 radical (unpaired) electrons. The molecule has 0 aromatic rings. The van der Waals surface area contributed by atoms with Crippen LogP contribution in [0.1, 0.15) is 40.0 Å². The lowest BCUT2D eigenvalue weighted by Crippen LogP contribution is -2.34. The zero-order chi connectivity index (χ0) is 10.3. The molecule has 2 fully saturated rings. The van der Waals surface area contributed by atoms with Crippen molar-refractivity contribution < 1.29 is 4.74 Å². The topological polar surface area (TPSA) is 12.5 Å². The van der Waals surface area contributed by atoms with Crippen molar-refractivity contribution in [2.45, 2.75) is 45.6 Å². The van der Waals surface area contributed by atoms with Crippen LogP contribution in [0.15, 0.2) is 12.2 Å². The van der Waals surface area contributed by atoms with Gasteiger partial charge in [0.15, 0.2) is 0 Å². The van der Waals surface area contributed by atoms with Gasteiger partial charge in [0.1, 0.15) is 0 Å². The van der Waals surface area contributed by atoms with E-state index < -0.39 is 0 Å². The molecule has 0 N–H and O–H groups in total. The lowest BCUT2D eigenvalue weighted by Gasteiger charge is -2.37. The van der Waals surface area contributed by atoms with Gasteiger partial charge in [0.25, 0.3) is 0 Å². The Kier molecular flexibility index (Phi) is 2.46. The van der Waals surface area contributed by atoms with Gasteiger partial charge in [0, 0.05) is 0 Å². The van der Waals surface area contributed by atoms with Crippen molar-refractivity contribution in [3.63, 3.8) is 0 Å². The molecule has 2 rings (SSSR count). The number of hydrogen-bond donors (Lipinski definition) is 0. The maximum atomic E-state index is 5.62. The molecular weight excluding hydrogens is 172 g/mol. The molecule has 80 valence electrons. The van der Waals surface area contributed by atoms with Crippen molar-refractivity contribution in [3.05, 3.63) is 12.2 Å². The summed E-state index contributed by atoms with van der Waals surface area (Å²) in [6.45, 7) is 11.9. The van der Waals surface area contributed by atoms with Gasteiger partial charge in [-0.2, -0.15) is 0 Å². The molecule has 1 aliphatic carbocycles. The second kappa shape index (κ2) is 3.37. The summed E-state index contributed by atoms with van der Waals surface area (Å²) in [7, 11) is 0. The molecule has 2 aliphatic rings. The molecule has 1 nitrogen and oxygen atoms in total. The van der Waals surface area contributed by atoms with Crippen LogP contribution in [0.5, 0.6) is 0 Å². The van der Waals surface area contributed by atoms with E-state index >= 15 is 0 Å². The second-order valence-electron chi connectivity index (χ2n) is 5.58. The summed E-state index contributed by atoms with van der Waals surface area (Å²) in [4.78, 5) is 0. The first-order valence-electron chi connectivity index (χ1n) is 5.82. The summed E-state index contributed by atoms with van der Waals surface area (Å²) in [6, 6.07) is 0. The van der Waals surface area contributed by atoms with Crippen LogP contribution in [0, 0.1) is 17.8 Å². The van der Waals surface area contributed by atoms with Crippen molar-refractivity contribution in [2.75, 3.05) is 6.61 Å². The smallest absolute Gasteiger partial charge is 0.0922 e. The van der Waals surface area contributed by atoms with Crippen LogP contribution in [0.3, 0.4) is 0 Å². The number of hydrogen-bond acceptors (Lipinski definition) is 1. The minimum Gasteiger partial charge on any atom is -0.370 e. The van der Waals surface area contributed by atoms with Crippen LogP contribution >= 0.6 is 0 Å². The Bertz CT molecular complexity index is 240. The fourth-order valence-corrected chi connectivity index (χ4v) is 2.97. The maximum Gasteiger partial charge on any atom is 0.0922 e. The maximum absolute atomic E-state index is 5.62. The number of ether oxygens (including phenoxy) is 1. The van der Waals surface area contributed by atoms with Gasteiger partial charge in [-0.05, 0) is 44.4 Å². The molecule has 4 unspecified atom stereocenters. The summed E-state index contributed by atoms with van der Waals surface area (Å²) in [5, 5.41) is 0. The van der Waals surface area contributed by atoms with Crippen LogP contribution in [0.2, 0.25) is 0 Å². The monoisotopic (exact) mass is 194 g/mol. The number of epoxide rings is 1. The lowest BCUT2D eigenvalue weighted by molar-refractivity contribution is 0.120. The molecule has 1 heteroatoms. The molecular formula is C13H22O. The van der Waals surface area contributed by atoms with E-state index in [9.17, 15) is 0 Å². The zero-order valence-corrected chi connectivity index (χ0v) is 9.68. The van der Waals surface area contributed by atoms with Gasteiger partial charge in [-0.15, -0.1) is 0 Å². The van der Waals surface area contributed by atoms with E-state index in [4.69, 9.17) is 4.74 Å². The third-order valence-electron chi connectivity index (χ3n) is 4.13. The molecule has 1 heterocycles. The first-order valence-corrected chi connectivity index (χ1v) is 5.82. The first kappa shape index (κ1) is 10.2. The van der Waals surface area contributed by atoms with Gasteiger partial charge >= 0.3 is 0 Å². The Morgan fingerprint density at radius 3 is 2.57 bits per heavy atom. The van der Waals surface area contributed by atoms with Crippen LogP contribution in [0.4, 0.5) is 0 Å². The molecule has 1 aliphatic heterocycles. The Labute approximate surface area is 87.5 Å². The minimum absolute atomic E-state index is 0.193. The van der Waals surface area contributed by atoms with Crippen LogP contribution in [-0.4, -0.2) is 12.2 Å². The van der Waals surface area contributed by atoms with Gasteiger partial charge in [-0.25, -0.2) is 0 Å². The average Bonchev–Trinajstić information content (AvgIpc) is 2.84. The van der Waals surface area contributed by atoms with Gasteiger partial charge in [-0.3, -0.25) is 0 Å². The molecule has 4 atom stereocenters. The second-order valence-corrected chi connectivity index (χ2v) is 5.58. The van der Waals surface area contributed by atoms with E-state index in [0.29, 0.717) is 5.92 Å². The highest BCUT2D eigenvalue weighted by atomic mass is 16.6. The lowest BCUT2D eigenvalue weighted by atomic mass is 9.67. The largest absolute Gasteiger partial charge is 0.370 e. The highest BCUT2D eigenvalue weighted by Gasteiger charge is 2.51. The van der Waals surface area contributed by atoms with Gasteiger partial charge in [-0.1, -0.05) is 25.5 Å². The van der Waals surface area contributed by atoms with E-state index in [-0.39, 0.29) is 5.60 Å². The van der Waals surface area contributed by atoms with E-state index in [0.717, 1.165) is 18.4 Å². The molecule has 1 saturated heterocycles. The third-order valence-corrected chi connectivity index (χ3v) is 4.13. The summed E-state index contributed by atoms with van der Waals surface area (Å²) in [5.41, 5.74) is 1.55. The van der Waals surface area contributed by atoms with Gasteiger partial charge in [0.2, 0.25) is 0 Å². The molecule has 0 bridgehead atoms. The summed E-state index contributed by atoms with van der Waals surface area (Å²) >= 11 is 0. The summed E-state index contributed by atoms with van der Waals surface area (Å²) in [5.74, 6) is 2.30. The molecule has 0 amide bonds. The standard InChI is InChI=1S/C13H22O/c1-9(2)11-6-5-10(3)7-12(11)13(4)8-14-13/h10-12H,1,5-8H2,2-4H3. The Morgan fingerprint density at radius 2 is 2.07 bits per heavy atom. The average molecular weight is 194 g/mol. The predicted molar refractivity (Wildman–Crippen MR) is 59.2 cm³/mol. The van der Waals surface area contributed by atoms with E-state index in [2.05, 4.69) is 27.4 Å². The highest BCUT2D eigenvalue weighted by Crippen LogP contribution is 2.49. The molecule has 0 aromatic carbocycles. The number of allylic oxidation sites excluding steroid dienone is 1. The predicted octanol–water partition coefficient (Wildman–Crippen LogP) is 3.40. The van der Waals surface area contributed by atoms with E-state index in [1.807, 2.05) is 0 Å². The Balaban J connectivity index is 2.11. The molecule has 14 heavy (non-hydrogen) atoms.